The van der Waals surface area contributed by atoms with Crippen LogP contribution in [-0.4, -0.2) is 6.61 Å². The molecule has 1 aromatic carbocycles. The van der Waals surface area contributed by atoms with Crippen molar-refractivity contribution in [3.8, 4) is 0 Å². The van der Waals surface area contributed by atoms with Gasteiger partial charge in [-0.1, -0.05) is 17.7 Å². The molecule has 1 aromatic rings. The summed E-state index contributed by atoms with van der Waals surface area (Å²) in [5, 5.41) is 0.168. The first-order chi connectivity index (χ1) is 6.27. The van der Waals surface area contributed by atoms with Gasteiger partial charge in [0, 0.05) is 6.61 Å². The lowest BCUT2D eigenvalue weighted by atomic mass is 10.1. The minimum atomic E-state index is -0.366. The van der Waals surface area contributed by atoms with E-state index >= 15 is 0 Å². The summed E-state index contributed by atoms with van der Waals surface area (Å²) >= 11 is 5.57. The maximum absolute atomic E-state index is 13.0. The van der Waals surface area contributed by atoms with Gasteiger partial charge in [0.1, 0.15) is 5.82 Å². The minimum absolute atomic E-state index is 0.0618. The normalized spacial score (nSPS) is 22.2. The van der Waals surface area contributed by atoms with Gasteiger partial charge in [0.05, 0.1) is 11.1 Å². The third-order valence-electron chi connectivity index (χ3n) is 2.25. The van der Waals surface area contributed by atoms with Crippen LogP contribution in [0.4, 0.5) is 4.39 Å². The van der Waals surface area contributed by atoms with Crippen molar-refractivity contribution in [3.63, 3.8) is 0 Å². The van der Waals surface area contributed by atoms with E-state index in [0.29, 0.717) is 0 Å². The predicted octanol–water partition coefficient (Wildman–Crippen LogP) is 3.33. The van der Waals surface area contributed by atoms with Crippen LogP contribution in [0.2, 0.25) is 5.02 Å². The molecule has 3 heteroatoms. The predicted molar refractivity (Wildman–Crippen MR) is 49.3 cm³/mol. The smallest absolute Gasteiger partial charge is 0.142 e. The highest BCUT2D eigenvalue weighted by molar-refractivity contribution is 6.30. The molecule has 0 amide bonds. The van der Waals surface area contributed by atoms with Crippen LogP contribution in [0, 0.1) is 5.82 Å². The largest absolute Gasteiger partial charge is 0.374 e. The summed E-state index contributed by atoms with van der Waals surface area (Å²) in [6.07, 6.45) is 2.09. The fraction of sp³-hybridized carbons (Fsp3) is 0.400. The van der Waals surface area contributed by atoms with Crippen molar-refractivity contribution in [1.29, 1.82) is 0 Å². The summed E-state index contributed by atoms with van der Waals surface area (Å²) in [5.74, 6) is -0.366. The maximum atomic E-state index is 13.0. The monoisotopic (exact) mass is 200 g/mol. The maximum Gasteiger partial charge on any atom is 0.142 e. The van der Waals surface area contributed by atoms with Crippen molar-refractivity contribution in [3.05, 3.63) is 34.6 Å². The molecule has 1 aliphatic rings. The van der Waals surface area contributed by atoms with Crippen LogP contribution in [0.3, 0.4) is 0 Å². The Bertz CT molecular complexity index is 308. The molecule has 0 spiro atoms. The van der Waals surface area contributed by atoms with Crippen LogP contribution in [0.1, 0.15) is 24.5 Å². The first-order valence-electron chi connectivity index (χ1n) is 4.34. The van der Waals surface area contributed by atoms with Crippen LogP contribution < -0.4 is 0 Å². The number of rotatable bonds is 1. The van der Waals surface area contributed by atoms with Crippen molar-refractivity contribution < 1.29 is 9.13 Å². The molecule has 0 aliphatic carbocycles. The zero-order chi connectivity index (χ0) is 9.26. The first-order valence-corrected chi connectivity index (χ1v) is 4.72. The zero-order valence-corrected chi connectivity index (χ0v) is 7.85. The molecule has 1 nitrogen and oxygen atoms in total. The van der Waals surface area contributed by atoms with Gasteiger partial charge in [-0.2, -0.15) is 0 Å². The van der Waals surface area contributed by atoms with E-state index in [2.05, 4.69) is 0 Å². The number of benzene rings is 1. The highest BCUT2D eigenvalue weighted by Gasteiger charge is 2.18. The van der Waals surface area contributed by atoms with Gasteiger partial charge in [-0.05, 0) is 30.5 Å². The lowest BCUT2D eigenvalue weighted by Gasteiger charge is -2.09. The van der Waals surface area contributed by atoms with Gasteiger partial charge in [-0.15, -0.1) is 0 Å². The van der Waals surface area contributed by atoms with E-state index in [0.717, 1.165) is 25.0 Å². The van der Waals surface area contributed by atoms with E-state index < -0.39 is 0 Å². The molecule has 2 rings (SSSR count). The van der Waals surface area contributed by atoms with Crippen molar-refractivity contribution in [2.24, 2.45) is 0 Å². The third kappa shape index (κ3) is 1.84. The average Bonchev–Trinajstić information content (AvgIpc) is 2.62. The standard InChI is InChI=1S/C10H10ClFO/c11-8-4-3-7(6-9(8)12)10-2-1-5-13-10/h3-4,6,10H,1-2,5H2. The molecular formula is C10H10ClFO. The molecule has 1 unspecified atom stereocenters. The van der Waals surface area contributed by atoms with Crippen LogP contribution in [0.25, 0.3) is 0 Å². The van der Waals surface area contributed by atoms with E-state index in [9.17, 15) is 4.39 Å². The van der Waals surface area contributed by atoms with Crippen LogP contribution in [0.15, 0.2) is 18.2 Å². The van der Waals surface area contributed by atoms with Gasteiger partial charge < -0.3 is 4.74 Å². The number of hydrogen-bond acceptors (Lipinski definition) is 1. The van der Waals surface area contributed by atoms with E-state index in [1.165, 1.54) is 6.07 Å². The summed E-state index contributed by atoms with van der Waals surface area (Å²) in [6, 6.07) is 4.85. The Kier molecular flexibility index (Phi) is 2.51. The van der Waals surface area contributed by atoms with Gasteiger partial charge in [-0.3, -0.25) is 0 Å². The second kappa shape index (κ2) is 3.64. The zero-order valence-electron chi connectivity index (χ0n) is 7.09. The molecule has 1 aliphatic heterocycles. The van der Waals surface area contributed by atoms with E-state index in [-0.39, 0.29) is 16.9 Å². The summed E-state index contributed by atoms with van der Waals surface area (Å²) in [4.78, 5) is 0. The summed E-state index contributed by atoms with van der Waals surface area (Å²) in [5.41, 5.74) is 0.888. The summed E-state index contributed by atoms with van der Waals surface area (Å²) in [7, 11) is 0. The van der Waals surface area contributed by atoms with Gasteiger partial charge in [0.15, 0.2) is 0 Å². The second-order valence-electron chi connectivity index (χ2n) is 3.18. The fourth-order valence-electron chi connectivity index (χ4n) is 1.55. The molecule has 13 heavy (non-hydrogen) atoms. The van der Waals surface area contributed by atoms with Gasteiger partial charge >= 0.3 is 0 Å². The number of ether oxygens (including phenoxy) is 1. The summed E-state index contributed by atoms with van der Waals surface area (Å²) in [6.45, 7) is 0.773. The quantitative estimate of drug-likeness (QED) is 0.676. The molecule has 0 bridgehead atoms. The number of halogens is 2. The highest BCUT2D eigenvalue weighted by atomic mass is 35.5. The Hall–Kier alpha value is -0.600. The molecule has 70 valence electrons. The number of hydrogen-bond donors (Lipinski definition) is 0. The van der Waals surface area contributed by atoms with Crippen molar-refractivity contribution >= 4 is 11.6 Å². The van der Waals surface area contributed by atoms with Gasteiger partial charge in [0.2, 0.25) is 0 Å². The van der Waals surface area contributed by atoms with Crippen LogP contribution in [0.5, 0.6) is 0 Å². The Labute approximate surface area is 81.5 Å². The molecular weight excluding hydrogens is 191 g/mol. The Morgan fingerprint density at radius 3 is 2.92 bits per heavy atom. The minimum Gasteiger partial charge on any atom is -0.374 e. The molecule has 0 saturated carbocycles. The molecule has 0 N–H and O–H groups in total. The van der Waals surface area contributed by atoms with Crippen LogP contribution in [-0.2, 0) is 4.74 Å². The lowest BCUT2D eigenvalue weighted by Crippen LogP contribution is -1.96. The van der Waals surface area contributed by atoms with Gasteiger partial charge in [-0.25, -0.2) is 4.39 Å². The topological polar surface area (TPSA) is 9.23 Å². The Balaban J connectivity index is 2.25. The van der Waals surface area contributed by atoms with Gasteiger partial charge in [0.25, 0.3) is 0 Å². The lowest BCUT2D eigenvalue weighted by molar-refractivity contribution is 0.111. The highest BCUT2D eigenvalue weighted by Crippen LogP contribution is 2.30. The summed E-state index contributed by atoms with van der Waals surface area (Å²) < 4.78 is 18.5. The van der Waals surface area contributed by atoms with E-state index in [1.54, 1.807) is 6.07 Å². The average molecular weight is 201 g/mol. The van der Waals surface area contributed by atoms with E-state index in [1.807, 2.05) is 6.07 Å². The molecule has 1 heterocycles. The first kappa shape index (κ1) is 8.97. The Morgan fingerprint density at radius 2 is 2.31 bits per heavy atom. The van der Waals surface area contributed by atoms with Crippen LogP contribution >= 0.6 is 11.6 Å². The molecule has 0 radical (unpaired) electrons. The molecule has 1 saturated heterocycles. The fourth-order valence-corrected chi connectivity index (χ4v) is 1.67. The SMILES string of the molecule is Fc1cc(C2CCCO2)ccc1Cl. The second-order valence-corrected chi connectivity index (χ2v) is 3.58. The van der Waals surface area contributed by atoms with Crippen molar-refractivity contribution in [1.82, 2.24) is 0 Å². The molecule has 1 fully saturated rings. The third-order valence-corrected chi connectivity index (χ3v) is 2.55. The molecule has 0 aromatic heterocycles. The molecule has 1 atom stereocenters. The van der Waals surface area contributed by atoms with E-state index in [4.69, 9.17) is 16.3 Å². The van der Waals surface area contributed by atoms with Crippen molar-refractivity contribution in [2.45, 2.75) is 18.9 Å². The van der Waals surface area contributed by atoms with Crippen molar-refractivity contribution in [2.75, 3.05) is 6.61 Å². The Morgan fingerprint density at radius 1 is 1.46 bits per heavy atom.